The van der Waals surface area contributed by atoms with E-state index in [1.807, 2.05) is 30.5 Å². The van der Waals surface area contributed by atoms with Gasteiger partial charge in [-0.1, -0.05) is 0 Å². The van der Waals surface area contributed by atoms with E-state index in [4.69, 9.17) is 19.4 Å². The van der Waals surface area contributed by atoms with Crippen LogP contribution in [-0.2, 0) is 6.54 Å². The first kappa shape index (κ1) is 22.6. The highest BCUT2D eigenvalue weighted by atomic mass is 32.1. The largest absolute Gasteiger partial charge is 0.497 e. The monoisotopic (exact) mass is 475 g/mol. The van der Waals surface area contributed by atoms with Gasteiger partial charge in [0.05, 0.1) is 19.6 Å². The van der Waals surface area contributed by atoms with Crippen LogP contribution in [0, 0.1) is 13.8 Å². The van der Waals surface area contributed by atoms with E-state index in [0.717, 1.165) is 71.8 Å². The van der Waals surface area contributed by atoms with Crippen molar-refractivity contribution in [1.29, 1.82) is 0 Å². The fourth-order valence-corrected chi connectivity index (χ4v) is 5.47. The van der Waals surface area contributed by atoms with Crippen molar-refractivity contribution < 1.29 is 9.47 Å². The molecule has 1 fully saturated rings. The van der Waals surface area contributed by atoms with Gasteiger partial charge in [-0.3, -0.25) is 9.88 Å². The molecule has 4 aromatic rings. The molecule has 8 heteroatoms. The van der Waals surface area contributed by atoms with Gasteiger partial charge in [-0.2, -0.15) is 0 Å². The second kappa shape index (κ2) is 9.56. The van der Waals surface area contributed by atoms with Crippen LogP contribution in [0.4, 0.5) is 5.82 Å². The Morgan fingerprint density at radius 1 is 1.00 bits per heavy atom. The molecular formula is C26H29N5O2S. The molecule has 1 aliphatic rings. The summed E-state index contributed by atoms with van der Waals surface area (Å²) >= 11 is 1.74. The molecule has 176 valence electrons. The van der Waals surface area contributed by atoms with Gasteiger partial charge in [-0.25, -0.2) is 9.97 Å². The molecule has 3 aromatic heterocycles. The number of hydrogen-bond donors (Lipinski definition) is 0. The van der Waals surface area contributed by atoms with Gasteiger partial charge in [0.1, 0.15) is 22.1 Å². The van der Waals surface area contributed by atoms with E-state index in [1.54, 1.807) is 31.8 Å². The molecule has 0 atom stereocenters. The zero-order valence-electron chi connectivity index (χ0n) is 20.0. The molecule has 0 unspecified atom stereocenters. The first-order valence-electron chi connectivity index (χ1n) is 11.4. The number of rotatable bonds is 6. The van der Waals surface area contributed by atoms with Gasteiger partial charge in [-0.05, 0) is 49.7 Å². The van der Waals surface area contributed by atoms with Crippen molar-refractivity contribution >= 4 is 27.4 Å². The van der Waals surface area contributed by atoms with E-state index < -0.39 is 0 Å². The Balaban J connectivity index is 1.41. The van der Waals surface area contributed by atoms with Crippen LogP contribution >= 0.6 is 11.3 Å². The summed E-state index contributed by atoms with van der Waals surface area (Å²) in [5.41, 5.74) is 3.36. The summed E-state index contributed by atoms with van der Waals surface area (Å²) in [5, 5.41) is 1.18. The van der Waals surface area contributed by atoms with Gasteiger partial charge in [0.25, 0.3) is 0 Å². The SMILES string of the molecule is COc1ccc(OC)c(CN2CCN(c3nc(-c4cccnc4)nc4sc(C)c(C)c34)CC2)c1. The maximum Gasteiger partial charge on any atom is 0.164 e. The first-order chi connectivity index (χ1) is 16.6. The van der Waals surface area contributed by atoms with Crippen molar-refractivity contribution in [2.24, 2.45) is 0 Å². The maximum atomic E-state index is 5.58. The predicted molar refractivity (Wildman–Crippen MR) is 137 cm³/mol. The maximum absolute atomic E-state index is 5.58. The lowest BCUT2D eigenvalue weighted by Gasteiger charge is -2.36. The quantitative estimate of drug-likeness (QED) is 0.400. The Labute approximate surface area is 204 Å². The van der Waals surface area contributed by atoms with Crippen LogP contribution in [-0.4, -0.2) is 60.3 Å². The zero-order valence-corrected chi connectivity index (χ0v) is 20.9. The second-order valence-corrected chi connectivity index (χ2v) is 9.72. The number of fused-ring (bicyclic) bond motifs is 1. The third-order valence-electron chi connectivity index (χ3n) is 6.48. The molecule has 0 radical (unpaired) electrons. The van der Waals surface area contributed by atoms with Gasteiger partial charge < -0.3 is 14.4 Å². The Hall–Kier alpha value is -3.23. The normalized spacial score (nSPS) is 14.5. The number of piperazine rings is 1. The van der Waals surface area contributed by atoms with Crippen molar-refractivity contribution in [3.05, 3.63) is 58.7 Å². The molecule has 5 rings (SSSR count). The molecule has 0 amide bonds. The lowest BCUT2D eigenvalue weighted by Crippen LogP contribution is -2.46. The number of aryl methyl sites for hydroxylation is 2. The lowest BCUT2D eigenvalue weighted by molar-refractivity contribution is 0.245. The molecule has 1 aliphatic heterocycles. The molecule has 1 saturated heterocycles. The van der Waals surface area contributed by atoms with Gasteiger partial charge in [0.2, 0.25) is 0 Å². The van der Waals surface area contributed by atoms with E-state index in [2.05, 4.69) is 34.7 Å². The molecule has 0 aliphatic carbocycles. The van der Waals surface area contributed by atoms with E-state index >= 15 is 0 Å². The molecule has 7 nitrogen and oxygen atoms in total. The molecule has 0 saturated carbocycles. The van der Waals surface area contributed by atoms with Crippen LogP contribution in [0.25, 0.3) is 21.6 Å². The lowest BCUT2D eigenvalue weighted by atomic mass is 10.1. The molecule has 1 aromatic carbocycles. The van der Waals surface area contributed by atoms with Crippen molar-refractivity contribution in [3.63, 3.8) is 0 Å². The average Bonchev–Trinajstić information content (AvgIpc) is 3.17. The summed E-state index contributed by atoms with van der Waals surface area (Å²) in [6, 6.07) is 9.93. The number of hydrogen-bond acceptors (Lipinski definition) is 8. The van der Waals surface area contributed by atoms with E-state index in [-0.39, 0.29) is 0 Å². The number of pyridine rings is 1. The fraction of sp³-hybridized carbons (Fsp3) is 0.346. The number of thiophene rings is 1. The summed E-state index contributed by atoms with van der Waals surface area (Å²) in [6.45, 7) is 8.85. The smallest absolute Gasteiger partial charge is 0.164 e. The summed E-state index contributed by atoms with van der Waals surface area (Å²) < 4.78 is 11.0. The summed E-state index contributed by atoms with van der Waals surface area (Å²) in [5.74, 6) is 3.51. The summed E-state index contributed by atoms with van der Waals surface area (Å²) in [6.07, 6.45) is 3.61. The Morgan fingerprint density at radius 2 is 1.82 bits per heavy atom. The minimum Gasteiger partial charge on any atom is -0.497 e. The molecule has 34 heavy (non-hydrogen) atoms. The highest BCUT2D eigenvalue weighted by molar-refractivity contribution is 7.18. The minimum absolute atomic E-state index is 0.736. The Morgan fingerprint density at radius 3 is 2.53 bits per heavy atom. The summed E-state index contributed by atoms with van der Waals surface area (Å²) in [7, 11) is 3.41. The minimum atomic E-state index is 0.736. The van der Waals surface area contributed by atoms with Crippen molar-refractivity contribution in [2.45, 2.75) is 20.4 Å². The third kappa shape index (κ3) is 4.31. The first-order valence-corrected chi connectivity index (χ1v) is 12.3. The predicted octanol–water partition coefficient (Wildman–Crippen LogP) is 4.71. The van der Waals surface area contributed by atoms with Crippen LogP contribution in [0.1, 0.15) is 16.0 Å². The zero-order chi connectivity index (χ0) is 23.7. The third-order valence-corrected chi connectivity index (χ3v) is 7.58. The highest BCUT2D eigenvalue weighted by Crippen LogP contribution is 2.37. The molecular weight excluding hydrogens is 446 g/mol. The second-order valence-electron chi connectivity index (χ2n) is 8.52. The topological polar surface area (TPSA) is 63.6 Å². The Bertz CT molecular complexity index is 1300. The van der Waals surface area contributed by atoms with Crippen molar-refractivity contribution in [1.82, 2.24) is 19.9 Å². The Kier molecular flexibility index (Phi) is 6.34. The van der Waals surface area contributed by atoms with Gasteiger partial charge in [0, 0.05) is 61.1 Å². The number of benzene rings is 1. The molecule has 0 spiro atoms. The van der Waals surface area contributed by atoms with Crippen molar-refractivity contribution in [2.75, 3.05) is 45.3 Å². The van der Waals surface area contributed by atoms with E-state index in [1.165, 1.54) is 15.8 Å². The highest BCUT2D eigenvalue weighted by Gasteiger charge is 2.24. The number of nitrogens with zero attached hydrogens (tertiary/aromatic N) is 5. The number of ether oxygens (including phenoxy) is 2. The molecule has 0 bridgehead atoms. The van der Waals surface area contributed by atoms with Crippen LogP contribution in [0.5, 0.6) is 11.5 Å². The number of methoxy groups -OCH3 is 2. The van der Waals surface area contributed by atoms with Crippen LogP contribution < -0.4 is 14.4 Å². The molecule has 4 heterocycles. The number of aromatic nitrogens is 3. The fourth-order valence-electron chi connectivity index (χ4n) is 4.45. The van der Waals surface area contributed by atoms with Crippen molar-refractivity contribution in [3.8, 4) is 22.9 Å². The van der Waals surface area contributed by atoms with Gasteiger partial charge in [0.15, 0.2) is 5.82 Å². The number of anilines is 1. The van der Waals surface area contributed by atoms with Crippen LogP contribution in [0.2, 0.25) is 0 Å². The van der Waals surface area contributed by atoms with Gasteiger partial charge >= 0.3 is 0 Å². The van der Waals surface area contributed by atoms with E-state index in [9.17, 15) is 0 Å². The molecule has 0 N–H and O–H groups in total. The van der Waals surface area contributed by atoms with Crippen LogP contribution in [0.3, 0.4) is 0 Å². The van der Waals surface area contributed by atoms with Gasteiger partial charge in [-0.15, -0.1) is 11.3 Å². The summed E-state index contributed by atoms with van der Waals surface area (Å²) in [4.78, 5) is 21.4. The van der Waals surface area contributed by atoms with Crippen LogP contribution in [0.15, 0.2) is 42.7 Å². The standard InChI is InChI=1S/C26H29N5O2S/c1-17-18(2)34-26-23(17)25(28-24(29-26)19-6-5-9-27-15-19)31-12-10-30(11-13-31)16-20-14-21(32-3)7-8-22(20)33-4/h5-9,14-15H,10-13,16H2,1-4H3. The van der Waals surface area contributed by atoms with E-state index in [0.29, 0.717) is 0 Å². The average molecular weight is 476 g/mol.